The molecule has 0 aliphatic heterocycles. The van der Waals surface area contributed by atoms with Gasteiger partial charge in [-0.15, -0.1) is 0 Å². The largest absolute Gasteiger partial charge is 0.323 e. The van der Waals surface area contributed by atoms with Crippen molar-refractivity contribution in [1.29, 1.82) is 0 Å². The molecule has 0 saturated heterocycles. The summed E-state index contributed by atoms with van der Waals surface area (Å²) in [7, 11) is 2.10. The number of rotatable bonds is 4. The molecule has 1 aromatic rings. The normalized spacial score (nSPS) is 13.6. The zero-order valence-corrected chi connectivity index (χ0v) is 9.27. The van der Waals surface area contributed by atoms with Crippen molar-refractivity contribution in [1.82, 2.24) is 4.90 Å². The van der Waals surface area contributed by atoms with Crippen LogP contribution in [0.3, 0.4) is 0 Å². The number of benzene rings is 1. The quantitative estimate of drug-likeness (QED) is 0.791. The van der Waals surface area contributed by atoms with Gasteiger partial charge in [-0.05, 0) is 26.5 Å². The summed E-state index contributed by atoms with van der Waals surface area (Å²) in [6, 6.07) is 10.9. The van der Waals surface area contributed by atoms with Gasteiger partial charge in [0.2, 0.25) is 0 Å². The molecule has 0 aromatic heterocycles. The molecule has 0 fully saturated rings. The van der Waals surface area contributed by atoms with Crippen molar-refractivity contribution in [3.8, 4) is 0 Å². The maximum Gasteiger partial charge on any atom is 0.0424 e. The van der Waals surface area contributed by atoms with Gasteiger partial charge in [-0.25, -0.2) is 0 Å². The van der Waals surface area contributed by atoms with Crippen LogP contribution in [-0.2, 0) is 0 Å². The van der Waals surface area contributed by atoms with Crippen LogP contribution in [0.5, 0.6) is 0 Å². The van der Waals surface area contributed by atoms with Crippen LogP contribution in [0.2, 0.25) is 0 Å². The van der Waals surface area contributed by atoms with Crippen molar-refractivity contribution in [2.45, 2.75) is 25.9 Å². The average molecular weight is 192 g/mol. The van der Waals surface area contributed by atoms with Crippen LogP contribution in [0.1, 0.15) is 25.5 Å². The summed E-state index contributed by atoms with van der Waals surface area (Å²) >= 11 is 0. The highest BCUT2D eigenvalue weighted by Gasteiger charge is 2.10. The van der Waals surface area contributed by atoms with Crippen molar-refractivity contribution in [3.05, 3.63) is 35.9 Å². The van der Waals surface area contributed by atoms with Gasteiger partial charge in [-0.2, -0.15) is 0 Å². The highest BCUT2D eigenvalue weighted by Crippen LogP contribution is 2.11. The van der Waals surface area contributed by atoms with Crippen LogP contribution in [0, 0.1) is 0 Å². The molecule has 2 nitrogen and oxygen atoms in total. The van der Waals surface area contributed by atoms with E-state index in [-0.39, 0.29) is 6.04 Å². The zero-order chi connectivity index (χ0) is 10.6. The summed E-state index contributed by atoms with van der Waals surface area (Å²) in [5, 5.41) is 0. The molecule has 0 aliphatic carbocycles. The van der Waals surface area contributed by atoms with Gasteiger partial charge in [0.15, 0.2) is 0 Å². The van der Waals surface area contributed by atoms with E-state index in [1.54, 1.807) is 0 Å². The Morgan fingerprint density at radius 1 is 1.21 bits per heavy atom. The van der Waals surface area contributed by atoms with Crippen molar-refractivity contribution < 1.29 is 0 Å². The summed E-state index contributed by atoms with van der Waals surface area (Å²) < 4.78 is 0. The smallest absolute Gasteiger partial charge is 0.0424 e. The van der Waals surface area contributed by atoms with Gasteiger partial charge in [-0.1, -0.05) is 30.3 Å². The lowest BCUT2D eigenvalue weighted by Crippen LogP contribution is -2.33. The molecule has 2 N–H and O–H groups in total. The zero-order valence-electron chi connectivity index (χ0n) is 9.27. The first-order valence-corrected chi connectivity index (χ1v) is 5.12. The molecule has 0 spiro atoms. The van der Waals surface area contributed by atoms with Gasteiger partial charge in [0.1, 0.15) is 0 Å². The molecule has 78 valence electrons. The van der Waals surface area contributed by atoms with Crippen molar-refractivity contribution in [3.63, 3.8) is 0 Å². The van der Waals surface area contributed by atoms with E-state index in [2.05, 4.69) is 37.9 Å². The Morgan fingerprint density at radius 3 is 2.29 bits per heavy atom. The highest BCUT2D eigenvalue weighted by atomic mass is 15.1. The number of hydrogen-bond acceptors (Lipinski definition) is 2. The van der Waals surface area contributed by atoms with Crippen LogP contribution in [0.15, 0.2) is 30.3 Å². The lowest BCUT2D eigenvalue weighted by atomic mass is 10.1. The van der Waals surface area contributed by atoms with Crippen LogP contribution in [0.4, 0.5) is 0 Å². The second kappa shape index (κ2) is 5.13. The van der Waals surface area contributed by atoms with Crippen LogP contribution in [0.25, 0.3) is 0 Å². The molecule has 0 saturated carbocycles. The molecule has 0 heterocycles. The van der Waals surface area contributed by atoms with E-state index >= 15 is 0 Å². The molecule has 0 unspecified atom stereocenters. The number of nitrogens with zero attached hydrogens (tertiary/aromatic N) is 1. The Balaban J connectivity index is 2.55. The molecule has 1 aromatic carbocycles. The topological polar surface area (TPSA) is 29.3 Å². The van der Waals surface area contributed by atoms with E-state index < -0.39 is 0 Å². The highest BCUT2D eigenvalue weighted by molar-refractivity contribution is 5.18. The lowest BCUT2D eigenvalue weighted by molar-refractivity contribution is 0.257. The second-order valence-corrected chi connectivity index (χ2v) is 4.05. The third kappa shape index (κ3) is 3.13. The first-order valence-electron chi connectivity index (χ1n) is 5.12. The van der Waals surface area contributed by atoms with Gasteiger partial charge in [0, 0.05) is 18.6 Å². The summed E-state index contributed by atoms with van der Waals surface area (Å²) in [5.41, 5.74) is 7.30. The first-order chi connectivity index (χ1) is 6.61. The molecule has 2 heteroatoms. The molecular formula is C12H20N2. The van der Waals surface area contributed by atoms with E-state index in [4.69, 9.17) is 5.73 Å². The molecular weight excluding hydrogens is 172 g/mol. The second-order valence-electron chi connectivity index (χ2n) is 4.05. The Hall–Kier alpha value is -0.860. The Bertz CT molecular complexity index is 256. The molecule has 0 aliphatic rings. The summed E-state index contributed by atoms with van der Waals surface area (Å²) in [6.07, 6.45) is 0. The van der Waals surface area contributed by atoms with E-state index in [0.717, 1.165) is 6.54 Å². The molecule has 14 heavy (non-hydrogen) atoms. The van der Waals surface area contributed by atoms with Crippen molar-refractivity contribution in [2.75, 3.05) is 13.6 Å². The van der Waals surface area contributed by atoms with E-state index in [0.29, 0.717) is 6.04 Å². The fraction of sp³-hybridized carbons (Fsp3) is 0.500. The Morgan fingerprint density at radius 2 is 1.79 bits per heavy atom. The minimum Gasteiger partial charge on any atom is -0.323 e. The Labute approximate surface area is 86.7 Å². The van der Waals surface area contributed by atoms with Crippen LogP contribution >= 0.6 is 0 Å². The molecule has 0 amide bonds. The summed E-state index contributed by atoms with van der Waals surface area (Å²) in [4.78, 5) is 2.26. The summed E-state index contributed by atoms with van der Waals surface area (Å²) in [6.45, 7) is 5.26. The fourth-order valence-corrected chi connectivity index (χ4v) is 1.33. The SMILES string of the molecule is CC(C)N(C)C[C@H](N)c1ccccc1. The lowest BCUT2D eigenvalue weighted by Gasteiger charge is -2.24. The van der Waals surface area contributed by atoms with Crippen molar-refractivity contribution in [2.24, 2.45) is 5.73 Å². The van der Waals surface area contributed by atoms with E-state index in [1.807, 2.05) is 18.2 Å². The fourth-order valence-electron chi connectivity index (χ4n) is 1.33. The third-order valence-corrected chi connectivity index (χ3v) is 2.59. The molecule has 0 bridgehead atoms. The molecule has 0 radical (unpaired) electrons. The van der Waals surface area contributed by atoms with Crippen molar-refractivity contribution >= 4 is 0 Å². The average Bonchev–Trinajstić information content (AvgIpc) is 2.19. The standard InChI is InChI=1S/C12H20N2/c1-10(2)14(3)9-12(13)11-7-5-4-6-8-11/h4-8,10,12H,9,13H2,1-3H3/t12-/m0/s1. The van der Waals surface area contributed by atoms with Gasteiger partial charge in [-0.3, -0.25) is 0 Å². The van der Waals surface area contributed by atoms with E-state index in [1.165, 1.54) is 5.56 Å². The Kier molecular flexibility index (Phi) is 4.11. The van der Waals surface area contributed by atoms with Crippen LogP contribution in [-0.4, -0.2) is 24.5 Å². The predicted molar refractivity (Wildman–Crippen MR) is 61.1 cm³/mol. The predicted octanol–water partition coefficient (Wildman–Crippen LogP) is 2.03. The minimum atomic E-state index is 0.114. The number of likely N-dealkylation sites (N-methyl/N-ethyl adjacent to an activating group) is 1. The van der Waals surface area contributed by atoms with Gasteiger partial charge >= 0.3 is 0 Å². The number of nitrogens with two attached hydrogens (primary N) is 1. The minimum absolute atomic E-state index is 0.114. The maximum absolute atomic E-state index is 6.09. The van der Waals surface area contributed by atoms with Crippen LogP contribution < -0.4 is 5.73 Å². The van der Waals surface area contributed by atoms with Gasteiger partial charge < -0.3 is 10.6 Å². The maximum atomic E-state index is 6.09. The van der Waals surface area contributed by atoms with E-state index in [9.17, 15) is 0 Å². The van der Waals surface area contributed by atoms with Gasteiger partial charge in [0.05, 0.1) is 0 Å². The van der Waals surface area contributed by atoms with Gasteiger partial charge in [0.25, 0.3) is 0 Å². The monoisotopic (exact) mass is 192 g/mol. The number of hydrogen-bond donors (Lipinski definition) is 1. The first kappa shape index (κ1) is 11.2. The third-order valence-electron chi connectivity index (χ3n) is 2.59. The summed E-state index contributed by atoms with van der Waals surface area (Å²) in [5.74, 6) is 0. The molecule has 1 atom stereocenters. The molecule has 1 rings (SSSR count).